The Bertz CT molecular complexity index is 1050. The van der Waals surface area contributed by atoms with Crippen LogP contribution in [0.25, 0.3) is 0 Å². The van der Waals surface area contributed by atoms with Gasteiger partial charge in [0.05, 0.1) is 37.8 Å². The van der Waals surface area contributed by atoms with E-state index < -0.39 is 38.2 Å². The zero-order chi connectivity index (χ0) is 39.3. The van der Waals surface area contributed by atoms with Gasteiger partial charge < -0.3 is 35.4 Å². The molecule has 0 radical (unpaired) electrons. The number of ether oxygens (including phenoxy) is 2. The Morgan fingerprint density at radius 3 is 1.89 bits per heavy atom. The van der Waals surface area contributed by atoms with Crippen molar-refractivity contribution in [2.24, 2.45) is 5.73 Å². The van der Waals surface area contributed by atoms with E-state index in [-0.39, 0.29) is 45.6 Å². The first-order valence-electron chi connectivity index (χ1n) is 20.2. The van der Waals surface area contributed by atoms with Crippen LogP contribution in [0.3, 0.4) is 0 Å². The van der Waals surface area contributed by atoms with Gasteiger partial charge >= 0.3 is 13.8 Å². The van der Waals surface area contributed by atoms with Gasteiger partial charge in [0.1, 0.15) is 6.61 Å². The summed E-state index contributed by atoms with van der Waals surface area (Å²) in [5, 5.41) is 30.4. The fraction of sp³-hybridized carbons (Fsp3) is 0.732. The highest BCUT2D eigenvalue weighted by molar-refractivity contribution is 7.47. The van der Waals surface area contributed by atoms with Gasteiger partial charge in [-0.05, 0) is 38.2 Å². The van der Waals surface area contributed by atoms with E-state index in [0.717, 1.165) is 44.9 Å². The smallest absolute Gasteiger partial charge is 0.472 e. The topological polar surface area (TPSA) is 178 Å². The molecule has 0 rings (SSSR count). The van der Waals surface area contributed by atoms with Crippen molar-refractivity contribution in [1.29, 1.82) is 0 Å². The number of carbonyl (C=O) groups is 1. The molecule has 5 atom stereocenters. The van der Waals surface area contributed by atoms with Crippen molar-refractivity contribution in [1.82, 2.24) is 0 Å². The lowest BCUT2D eigenvalue weighted by Crippen LogP contribution is -2.26. The maximum absolute atomic E-state index is 12.4. The van der Waals surface area contributed by atoms with Crippen LogP contribution < -0.4 is 5.73 Å². The zero-order valence-corrected chi connectivity index (χ0v) is 33.7. The molecule has 0 saturated carbocycles. The van der Waals surface area contributed by atoms with E-state index in [1.165, 1.54) is 76.5 Å². The molecule has 12 heteroatoms. The molecular formula is C41H74NO10P. The first kappa shape index (κ1) is 50.9. The molecule has 0 saturated heterocycles. The lowest BCUT2D eigenvalue weighted by molar-refractivity contribution is -0.147. The fourth-order valence-electron chi connectivity index (χ4n) is 5.19. The maximum Gasteiger partial charge on any atom is 0.472 e. The molecule has 308 valence electrons. The molecule has 6 N–H and O–H groups in total. The second-order valence-corrected chi connectivity index (χ2v) is 14.9. The molecule has 0 aliphatic rings. The lowest BCUT2D eigenvalue weighted by Gasteiger charge is -2.19. The molecule has 0 aromatic carbocycles. The van der Waals surface area contributed by atoms with Gasteiger partial charge in [0.15, 0.2) is 6.10 Å². The van der Waals surface area contributed by atoms with E-state index in [2.05, 4.69) is 13.8 Å². The number of carbonyl (C=O) groups excluding carboxylic acids is 1. The normalized spacial score (nSPS) is 15.9. The minimum absolute atomic E-state index is 0.000506. The Morgan fingerprint density at radius 2 is 1.26 bits per heavy atom. The summed E-state index contributed by atoms with van der Waals surface area (Å²) in [5.41, 5.74) is 5.33. The van der Waals surface area contributed by atoms with Gasteiger partial charge in [0.2, 0.25) is 0 Å². The summed E-state index contributed by atoms with van der Waals surface area (Å²) in [6.07, 6.45) is 34.2. The van der Waals surface area contributed by atoms with Crippen LogP contribution in [0.4, 0.5) is 0 Å². The largest absolute Gasteiger partial charge is 0.492 e. The molecule has 0 aliphatic carbocycles. The number of aliphatic hydroxyl groups is 3. The van der Waals surface area contributed by atoms with Crippen LogP contribution in [0.2, 0.25) is 0 Å². The molecule has 0 aromatic rings. The highest BCUT2D eigenvalue weighted by Crippen LogP contribution is 2.43. The predicted molar refractivity (Wildman–Crippen MR) is 214 cm³/mol. The number of aliphatic hydroxyl groups excluding tert-OH is 3. The van der Waals surface area contributed by atoms with Crippen molar-refractivity contribution in [3.8, 4) is 0 Å². The van der Waals surface area contributed by atoms with Crippen LogP contribution in [0, 0.1) is 0 Å². The zero-order valence-electron chi connectivity index (χ0n) is 32.8. The summed E-state index contributed by atoms with van der Waals surface area (Å²) in [4.78, 5) is 22.3. The second-order valence-electron chi connectivity index (χ2n) is 13.4. The standard InChI is InChI=1S/C41H74NO10P/c1-3-5-7-8-9-10-11-12-13-14-15-18-21-25-33-49-38(36-52-53(47,48)51-34-32-42)35-50-41(46)31-26-30-40(45)39(44)29-24-20-17-16-19-23-28-37(43)27-22-6-4-2/h16-17,19-20,23-25,28-29,33,37-40,43-45H,3-15,18,21-22,26-27,30-32,34-36,42H2,1-2H3,(H,47,48)/b19-16-,20-17+,28-23+,29-24+,33-25+/t37-,38-,39-,40-/m1/s1. The number of phosphoric acid groups is 1. The SMILES string of the molecule is CCCCCCCCCCCCCC/C=C/O[C@H](COC(=O)CCC[C@@H](O)[C@H](O)/C=C/C=C/C=C\C=C\[C@H](O)CCCCC)COP(=O)(O)OCCN. The number of unbranched alkanes of at least 4 members (excludes halogenated alkanes) is 14. The number of rotatable bonds is 37. The Morgan fingerprint density at radius 1 is 0.698 bits per heavy atom. The molecule has 0 bridgehead atoms. The summed E-state index contributed by atoms with van der Waals surface area (Å²) < 4.78 is 32.9. The Hall–Kier alpha value is -2.08. The molecule has 1 unspecified atom stereocenters. The summed E-state index contributed by atoms with van der Waals surface area (Å²) in [6, 6.07) is 0. The first-order valence-corrected chi connectivity index (χ1v) is 21.6. The monoisotopic (exact) mass is 772 g/mol. The van der Waals surface area contributed by atoms with Gasteiger partial charge in [0.25, 0.3) is 0 Å². The van der Waals surface area contributed by atoms with E-state index in [9.17, 15) is 29.6 Å². The summed E-state index contributed by atoms with van der Waals surface area (Å²) in [6.45, 7) is 3.70. The van der Waals surface area contributed by atoms with Crippen LogP contribution in [-0.2, 0) is 27.9 Å². The van der Waals surface area contributed by atoms with Gasteiger partial charge in [-0.2, -0.15) is 0 Å². The average molecular weight is 772 g/mol. The number of phosphoric ester groups is 1. The Kier molecular flexibility index (Phi) is 35.4. The quantitative estimate of drug-likeness (QED) is 0.0134. The highest BCUT2D eigenvalue weighted by atomic mass is 31.2. The second kappa shape index (κ2) is 36.9. The highest BCUT2D eigenvalue weighted by Gasteiger charge is 2.24. The summed E-state index contributed by atoms with van der Waals surface area (Å²) in [7, 11) is -4.35. The number of esters is 1. The third-order valence-electron chi connectivity index (χ3n) is 8.39. The molecule has 0 aromatic heterocycles. The minimum Gasteiger partial charge on any atom is -0.492 e. The van der Waals surface area contributed by atoms with Crippen molar-refractivity contribution >= 4 is 13.8 Å². The first-order chi connectivity index (χ1) is 25.6. The molecule has 53 heavy (non-hydrogen) atoms. The van der Waals surface area contributed by atoms with Gasteiger partial charge in [-0.1, -0.05) is 152 Å². The molecule has 0 fully saturated rings. The van der Waals surface area contributed by atoms with E-state index in [1.807, 2.05) is 6.08 Å². The Balaban J connectivity index is 4.48. The molecule has 0 aliphatic heterocycles. The molecule has 0 heterocycles. The number of nitrogens with two attached hydrogens (primary N) is 1. The number of hydrogen-bond donors (Lipinski definition) is 5. The van der Waals surface area contributed by atoms with Crippen molar-refractivity contribution in [2.75, 3.05) is 26.4 Å². The van der Waals surface area contributed by atoms with Gasteiger partial charge in [-0.25, -0.2) is 4.57 Å². The third-order valence-corrected chi connectivity index (χ3v) is 9.38. The maximum atomic E-state index is 12.4. The van der Waals surface area contributed by atoms with Crippen LogP contribution in [0.5, 0.6) is 0 Å². The minimum atomic E-state index is -4.35. The van der Waals surface area contributed by atoms with E-state index in [4.69, 9.17) is 24.3 Å². The average Bonchev–Trinajstić information content (AvgIpc) is 3.14. The van der Waals surface area contributed by atoms with Crippen molar-refractivity contribution in [3.63, 3.8) is 0 Å². The fourth-order valence-corrected chi connectivity index (χ4v) is 5.95. The van der Waals surface area contributed by atoms with E-state index in [1.54, 1.807) is 42.5 Å². The number of hydrogen-bond acceptors (Lipinski definition) is 10. The predicted octanol–water partition coefficient (Wildman–Crippen LogP) is 8.67. The third kappa shape index (κ3) is 35.4. The van der Waals surface area contributed by atoms with Gasteiger partial charge in [-0.3, -0.25) is 13.8 Å². The van der Waals surface area contributed by atoms with Crippen LogP contribution >= 0.6 is 7.82 Å². The summed E-state index contributed by atoms with van der Waals surface area (Å²) in [5.74, 6) is -0.542. The molecular weight excluding hydrogens is 697 g/mol. The van der Waals surface area contributed by atoms with E-state index in [0.29, 0.717) is 0 Å². The van der Waals surface area contributed by atoms with Crippen molar-refractivity contribution < 1.29 is 48.1 Å². The number of allylic oxidation sites excluding steroid dienone is 7. The summed E-state index contributed by atoms with van der Waals surface area (Å²) >= 11 is 0. The van der Waals surface area contributed by atoms with Gasteiger partial charge in [0, 0.05) is 13.0 Å². The van der Waals surface area contributed by atoms with Crippen LogP contribution in [0.1, 0.15) is 142 Å². The van der Waals surface area contributed by atoms with Gasteiger partial charge in [-0.15, -0.1) is 0 Å². The molecule has 11 nitrogen and oxygen atoms in total. The molecule has 0 spiro atoms. The van der Waals surface area contributed by atoms with Crippen LogP contribution in [0.15, 0.2) is 60.9 Å². The van der Waals surface area contributed by atoms with Crippen LogP contribution in [-0.4, -0.2) is 77.0 Å². The van der Waals surface area contributed by atoms with E-state index >= 15 is 0 Å². The van der Waals surface area contributed by atoms with Crippen molar-refractivity contribution in [2.45, 2.75) is 167 Å². The van der Waals surface area contributed by atoms with Crippen molar-refractivity contribution in [3.05, 3.63) is 60.9 Å². The lowest BCUT2D eigenvalue weighted by atomic mass is 10.0. The Labute approximate surface area is 321 Å². The molecule has 0 amide bonds.